The van der Waals surface area contributed by atoms with E-state index in [0.29, 0.717) is 16.3 Å². The summed E-state index contributed by atoms with van der Waals surface area (Å²) < 4.78 is 24.9. The number of aryl methyl sites for hydroxylation is 1. The van der Waals surface area contributed by atoms with Crippen LogP contribution in [0, 0.1) is 5.82 Å². The molecule has 0 saturated carbocycles. The van der Waals surface area contributed by atoms with Crippen LogP contribution in [0.4, 0.5) is 4.39 Å². The first-order chi connectivity index (χ1) is 9.51. The number of nitrogens with zero attached hydrogens (tertiary/aromatic N) is 2. The summed E-state index contributed by atoms with van der Waals surface area (Å²) in [7, 11) is 2.91. The summed E-state index contributed by atoms with van der Waals surface area (Å²) in [5.41, 5.74) is 0.858. The van der Waals surface area contributed by atoms with E-state index in [0.717, 1.165) is 0 Å². The van der Waals surface area contributed by atoms with Crippen LogP contribution in [-0.2, 0) is 16.6 Å². The molecule has 1 heterocycles. The van der Waals surface area contributed by atoms with E-state index in [1.807, 2.05) is 0 Å². The molecule has 0 bridgehead atoms. The maximum absolute atomic E-state index is 13.9. The van der Waals surface area contributed by atoms with Crippen molar-refractivity contribution < 1.29 is 18.7 Å². The van der Waals surface area contributed by atoms with E-state index in [1.165, 1.54) is 23.9 Å². The zero-order chi connectivity index (χ0) is 14.7. The van der Waals surface area contributed by atoms with Gasteiger partial charge in [-0.05, 0) is 18.2 Å². The Kier molecular flexibility index (Phi) is 4.24. The monoisotopic (exact) mass is 298 g/mol. The van der Waals surface area contributed by atoms with Gasteiger partial charge in [0, 0.05) is 23.7 Å². The molecular weight excluding hydrogens is 287 g/mol. The van der Waals surface area contributed by atoms with Gasteiger partial charge in [0.1, 0.15) is 5.82 Å². The van der Waals surface area contributed by atoms with Gasteiger partial charge in [-0.2, -0.15) is 0 Å². The van der Waals surface area contributed by atoms with E-state index < -0.39 is 11.8 Å². The molecule has 0 N–H and O–H groups in total. The van der Waals surface area contributed by atoms with Crippen molar-refractivity contribution in [2.45, 2.75) is 0 Å². The first-order valence-corrected chi connectivity index (χ1v) is 6.08. The highest BCUT2D eigenvalue weighted by atomic mass is 35.5. The molecule has 2 aromatic rings. The SMILES string of the molecule is COC(=O)COc1cc(-c2ccc(Cl)cc2F)n(C)n1. The number of ether oxygens (including phenoxy) is 2. The highest BCUT2D eigenvalue weighted by Crippen LogP contribution is 2.27. The summed E-state index contributed by atoms with van der Waals surface area (Å²) in [5.74, 6) is -0.767. The maximum atomic E-state index is 13.9. The highest BCUT2D eigenvalue weighted by molar-refractivity contribution is 6.30. The van der Waals surface area contributed by atoms with Crippen LogP contribution in [0.5, 0.6) is 5.88 Å². The zero-order valence-electron chi connectivity index (χ0n) is 10.9. The van der Waals surface area contributed by atoms with Gasteiger partial charge in [-0.15, -0.1) is 5.10 Å². The van der Waals surface area contributed by atoms with Crippen LogP contribution in [0.2, 0.25) is 5.02 Å². The number of carbonyl (C=O) groups excluding carboxylic acids is 1. The molecule has 0 unspecified atom stereocenters. The molecule has 1 aromatic carbocycles. The van der Waals surface area contributed by atoms with Crippen molar-refractivity contribution in [3.05, 3.63) is 35.1 Å². The first kappa shape index (κ1) is 14.3. The molecule has 7 heteroatoms. The van der Waals surface area contributed by atoms with E-state index >= 15 is 0 Å². The molecule has 0 amide bonds. The van der Waals surface area contributed by atoms with Crippen molar-refractivity contribution in [3.8, 4) is 17.1 Å². The third-order valence-corrected chi connectivity index (χ3v) is 2.87. The number of methoxy groups -OCH3 is 1. The van der Waals surface area contributed by atoms with Crippen LogP contribution in [0.3, 0.4) is 0 Å². The molecule has 0 spiro atoms. The van der Waals surface area contributed by atoms with Crippen LogP contribution in [0.15, 0.2) is 24.3 Å². The average Bonchev–Trinajstić information content (AvgIpc) is 2.77. The molecule has 0 aliphatic carbocycles. The van der Waals surface area contributed by atoms with Gasteiger partial charge < -0.3 is 9.47 Å². The lowest BCUT2D eigenvalue weighted by molar-refractivity contribution is -0.143. The van der Waals surface area contributed by atoms with Crippen molar-refractivity contribution in [3.63, 3.8) is 0 Å². The smallest absolute Gasteiger partial charge is 0.343 e. The average molecular weight is 299 g/mol. The van der Waals surface area contributed by atoms with Gasteiger partial charge in [0.15, 0.2) is 6.61 Å². The van der Waals surface area contributed by atoms with Gasteiger partial charge in [0.05, 0.1) is 12.8 Å². The molecule has 106 valence electrons. The van der Waals surface area contributed by atoms with Crippen molar-refractivity contribution in [2.24, 2.45) is 7.05 Å². The Hall–Kier alpha value is -2.08. The second-order valence-electron chi connectivity index (χ2n) is 3.98. The van der Waals surface area contributed by atoms with Crippen LogP contribution in [-0.4, -0.2) is 29.5 Å². The minimum atomic E-state index is -0.519. The minimum absolute atomic E-state index is 0.210. The summed E-state index contributed by atoms with van der Waals surface area (Å²) >= 11 is 5.71. The first-order valence-electron chi connectivity index (χ1n) is 5.70. The standard InChI is InChI=1S/C13H12ClFN2O3/c1-17-11(9-4-3-8(14)5-10(9)15)6-12(16-17)20-7-13(18)19-2/h3-6H,7H2,1-2H3. The lowest BCUT2D eigenvalue weighted by Gasteiger charge is -2.03. The lowest BCUT2D eigenvalue weighted by atomic mass is 10.1. The summed E-state index contributed by atoms with van der Waals surface area (Å²) in [6.07, 6.45) is 0. The Balaban J connectivity index is 2.25. The fourth-order valence-corrected chi connectivity index (χ4v) is 1.81. The van der Waals surface area contributed by atoms with Crippen LogP contribution in [0.1, 0.15) is 0 Å². The topological polar surface area (TPSA) is 53.4 Å². The Labute approximate surface area is 119 Å². The Morgan fingerprint density at radius 2 is 2.20 bits per heavy atom. The Bertz CT molecular complexity index is 643. The predicted octanol–water partition coefficient (Wildman–Crippen LogP) is 2.43. The van der Waals surface area contributed by atoms with E-state index in [1.54, 1.807) is 19.2 Å². The van der Waals surface area contributed by atoms with Crippen LogP contribution < -0.4 is 4.74 Å². The third-order valence-electron chi connectivity index (χ3n) is 2.63. The third kappa shape index (κ3) is 3.08. The number of halogens is 2. The number of benzene rings is 1. The molecule has 0 atom stereocenters. The molecule has 0 aliphatic rings. The van der Waals surface area contributed by atoms with Gasteiger partial charge >= 0.3 is 5.97 Å². The molecule has 2 rings (SSSR count). The van der Waals surface area contributed by atoms with Gasteiger partial charge in [-0.1, -0.05) is 11.6 Å². The van der Waals surface area contributed by atoms with E-state index in [4.69, 9.17) is 16.3 Å². The van der Waals surface area contributed by atoms with Gasteiger partial charge in [0.25, 0.3) is 0 Å². The molecule has 0 fully saturated rings. The molecule has 20 heavy (non-hydrogen) atoms. The fraction of sp³-hybridized carbons (Fsp3) is 0.231. The number of rotatable bonds is 4. The fourth-order valence-electron chi connectivity index (χ4n) is 1.65. The van der Waals surface area contributed by atoms with Crippen molar-refractivity contribution in [1.82, 2.24) is 9.78 Å². The van der Waals surface area contributed by atoms with Crippen molar-refractivity contribution >= 4 is 17.6 Å². The summed E-state index contributed by atoms with van der Waals surface area (Å²) in [4.78, 5) is 11.0. The summed E-state index contributed by atoms with van der Waals surface area (Å²) in [6.45, 7) is -0.254. The zero-order valence-corrected chi connectivity index (χ0v) is 11.6. The Morgan fingerprint density at radius 1 is 1.45 bits per heavy atom. The van der Waals surface area contributed by atoms with E-state index in [-0.39, 0.29) is 12.5 Å². The Morgan fingerprint density at radius 3 is 2.85 bits per heavy atom. The quantitative estimate of drug-likeness (QED) is 0.814. The number of aromatic nitrogens is 2. The lowest BCUT2D eigenvalue weighted by Crippen LogP contribution is -2.12. The number of esters is 1. The van der Waals surface area contributed by atoms with Crippen molar-refractivity contribution in [2.75, 3.05) is 13.7 Å². The number of carbonyl (C=O) groups is 1. The normalized spacial score (nSPS) is 10.4. The van der Waals surface area contributed by atoms with Gasteiger partial charge in [0.2, 0.25) is 5.88 Å². The second kappa shape index (κ2) is 5.92. The number of hydrogen-bond acceptors (Lipinski definition) is 4. The van der Waals surface area contributed by atoms with Crippen LogP contribution in [0.25, 0.3) is 11.3 Å². The maximum Gasteiger partial charge on any atom is 0.343 e. The molecule has 1 aromatic heterocycles. The van der Waals surface area contributed by atoms with Crippen LogP contribution >= 0.6 is 11.6 Å². The largest absolute Gasteiger partial charge is 0.466 e. The molecule has 0 aliphatic heterocycles. The molecule has 5 nitrogen and oxygen atoms in total. The van der Waals surface area contributed by atoms with Gasteiger partial charge in [-0.25, -0.2) is 9.18 Å². The van der Waals surface area contributed by atoms with E-state index in [9.17, 15) is 9.18 Å². The highest BCUT2D eigenvalue weighted by Gasteiger charge is 2.13. The van der Waals surface area contributed by atoms with Gasteiger partial charge in [-0.3, -0.25) is 4.68 Å². The predicted molar refractivity (Wildman–Crippen MR) is 71.1 cm³/mol. The van der Waals surface area contributed by atoms with Crippen molar-refractivity contribution in [1.29, 1.82) is 0 Å². The summed E-state index contributed by atoms with van der Waals surface area (Å²) in [5, 5.41) is 4.36. The summed E-state index contributed by atoms with van der Waals surface area (Å²) in [6, 6.07) is 5.90. The molecule has 0 radical (unpaired) electrons. The van der Waals surface area contributed by atoms with E-state index in [2.05, 4.69) is 9.84 Å². The minimum Gasteiger partial charge on any atom is -0.466 e. The second-order valence-corrected chi connectivity index (χ2v) is 4.42. The molecular formula is C13H12ClFN2O3. The number of hydrogen-bond donors (Lipinski definition) is 0. The molecule has 0 saturated heterocycles.